The van der Waals surface area contributed by atoms with Gasteiger partial charge in [0.2, 0.25) is 5.91 Å². The fourth-order valence-corrected chi connectivity index (χ4v) is 6.06. The average Bonchev–Trinajstić information content (AvgIpc) is 3.09. The van der Waals surface area contributed by atoms with Crippen molar-refractivity contribution in [1.29, 1.82) is 0 Å². The fourth-order valence-electron chi connectivity index (χ4n) is 3.71. The van der Waals surface area contributed by atoms with E-state index in [0.29, 0.717) is 5.69 Å². The van der Waals surface area contributed by atoms with Crippen molar-refractivity contribution < 1.29 is 52.7 Å². The third kappa shape index (κ3) is 2.82. The zero-order valence-corrected chi connectivity index (χ0v) is 17.6. The Morgan fingerprint density at radius 1 is 1.33 bits per heavy atom. The second-order valence-corrected chi connectivity index (χ2v) is 9.27. The van der Waals surface area contributed by atoms with Crippen LogP contribution in [0.5, 0.6) is 0 Å². The van der Waals surface area contributed by atoms with Crippen LogP contribution in [0.25, 0.3) is 11.3 Å². The Morgan fingerprint density at radius 3 is 2.59 bits per heavy atom. The number of aromatic nitrogens is 3. The number of rotatable bonds is 4. The maximum atomic E-state index is 12.9. The number of β-lactam (4-membered cyclic amide) rings is 1. The third-order valence-electron chi connectivity index (χ3n) is 5.12. The van der Waals surface area contributed by atoms with Crippen LogP contribution in [0.3, 0.4) is 0 Å². The van der Waals surface area contributed by atoms with E-state index in [4.69, 9.17) is 0 Å². The van der Waals surface area contributed by atoms with Gasteiger partial charge < -0.3 is 14.8 Å². The number of hydrogen-bond donors (Lipinski definition) is 0. The molecule has 0 bridgehead atoms. The maximum absolute atomic E-state index is 12.9. The van der Waals surface area contributed by atoms with Gasteiger partial charge in [-0.1, -0.05) is 35.5 Å². The first-order chi connectivity index (χ1) is 12.3. The molecule has 0 saturated carbocycles. The summed E-state index contributed by atoms with van der Waals surface area (Å²) in [6, 6.07) is 7.63. The molecule has 2 saturated heterocycles. The molecule has 11 heteroatoms. The molecule has 136 valence electrons. The van der Waals surface area contributed by atoms with E-state index >= 15 is 0 Å². The smallest absolute Gasteiger partial charge is 0.548 e. The van der Waals surface area contributed by atoms with Crippen LogP contribution in [0.1, 0.15) is 13.3 Å². The van der Waals surface area contributed by atoms with E-state index in [9.17, 15) is 23.1 Å². The van der Waals surface area contributed by atoms with Gasteiger partial charge >= 0.3 is 29.6 Å². The van der Waals surface area contributed by atoms with Gasteiger partial charge in [-0.2, -0.15) is 0 Å². The number of hydrogen-bond acceptors (Lipinski definition) is 7. The Kier molecular flexibility index (Phi) is 4.96. The molecule has 27 heavy (non-hydrogen) atoms. The predicted octanol–water partition coefficient (Wildman–Crippen LogP) is -4.19. The molecule has 4 rings (SSSR count). The molecule has 1 amide bonds. The summed E-state index contributed by atoms with van der Waals surface area (Å²) in [4.78, 5) is 24.3. The van der Waals surface area contributed by atoms with Crippen molar-refractivity contribution in [2.45, 2.75) is 36.1 Å². The Morgan fingerprint density at radius 2 is 2.00 bits per heavy atom. The minimum atomic E-state index is -3.91. The molecule has 0 N–H and O–H groups in total. The molecule has 3 heterocycles. The topological polar surface area (TPSA) is 125 Å². The maximum Gasteiger partial charge on any atom is 1.00 e. The van der Waals surface area contributed by atoms with Gasteiger partial charge in [0, 0.05) is 5.56 Å². The summed E-state index contributed by atoms with van der Waals surface area (Å²) >= 11 is 0. The molecule has 1 aromatic heterocycles. The molecule has 0 aliphatic carbocycles. The number of carboxylic acids is 1. The van der Waals surface area contributed by atoms with Crippen LogP contribution in [-0.2, 0) is 26.0 Å². The summed E-state index contributed by atoms with van der Waals surface area (Å²) in [7, 11) is -3.91. The zero-order valence-electron chi connectivity index (χ0n) is 14.8. The van der Waals surface area contributed by atoms with Crippen LogP contribution in [0, 0.1) is 0 Å². The van der Waals surface area contributed by atoms with Crippen molar-refractivity contribution in [2.24, 2.45) is 0 Å². The van der Waals surface area contributed by atoms with E-state index in [1.807, 2.05) is 30.3 Å². The van der Waals surface area contributed by atoms with Gasteiger partial charge in [0.25, 0.3) is 0 Å². The van der Waals surface area contributed by atoms with Gasteiger partial charge in [-0.25, -0.2) is 8.42 Å². The monoisotopic (exact) mass is 398 g/mol. The molecule has 3 atom stereocenters. The van der Waals surface area contributed by atoms with Gasteiger partial charge in [-0.3, -0.25) is 9.48 Å². The number of carboxylic acid groups (broad SMARTS) is 1. The van der Waals surface area contributed by atoms with Crippen LogP contribution in [-0.4, -0.2) is 56.4 Å². The van der Waals surface area contributed by atoms with E-state index in [-0.39, 0.29) is 42.5 Å². The van der Waals surface area contributed by atoms with E-state index in [2.05, 4.69) is 10.3 Å². The van der Waals surface area contributed by atoms with Crippen LogP contribution >= 0.6 is 0 Å². The molecule has 2 aliphatic heterocycles. The van der Waals surface area contributed by atoms with Gasteiger partial charge in [-0.15, -0.1) is 5.10 Å². The first-order valence-electron chi connectivity index (χ1n) is 7.97. The average molecular weight is 398 g/mol. The van der Waals surface area contributed by atoms with Crippen molar-refractivity contribution in [3.63, 3.8) is 0 Å². The Labute approximate surface area is 177 Å². The Balaban J connectivity index is 0.00000210. The summed E-state index contributed by atoms with van der Waals surface area (Å²) < 4.78 is 25.3. The SMILES string of the molecule is C[C@]1(Cn2cc(-c3ccccc3)nn2)[C@H](C(=O)[O-])N2C(=O)C[C@@H]2S1(=O)=O.[Na+]. The van der Waals surface area contributed by atoms with Crippen molar-refractivity contribution in [3.05, 3.63) is 36.5 Å². The zero-order chi connectivity index (χ0) is 18.7. The number of carbonyl (C=O) groups is 2. The number of aliphatic carboxylic acids is 1. The molecule has 0 radical (unpaired) electrons. The Bertz CT molecular complexity index is 1010. The van der Waals surface area contributed by atoms with Gasteiger partial charge in [0.05, 0.1) is 31.2 Å². The van der Waals surface area contributed by atoms with E-state index in [1.165, 1.54) is 11.6 Å². The molecule has 0 spiro atoms. The third-order valence-corrected chi connectivity index (χ3v) is 7.88. The van der Waals surface area contributed by atoms with E-state index < -0.39 is 37.9 Å². The van der Waals surface area contributed by atoms with Crippen LogP contribution in [0.2, 0.25) is 0 Å². The second-order valence-electron chi connectivity index (χ2n) is 6.71. The summed E-state index contributed by atoms with van der Waals surface area (Å²) in [5.74, 6) is -2.09. The molecule has 0 unspecified atom stereocenters. The second kappa shape index (κ2) is 6.69. The summed E-state index contributed by atoms with van der Waals surface area (Å²) in [6.07, 6.45) is 1.36. The van der Waals surface area contributed by atoms with Crippen molar-refractivity contribution in [2.75, 3.05) is 0 Å². The van der Waals surface area contributed by atoms with Crippen LogP contribution < -0.4 is 34.7 Å². The Hall–Kier alpha value is -1.75. The molecule has 2 aliphatic rings. The largest absolute Gasteiger partial charge is 1.00 e. The predicted molar refractivity (Wildman–Crippen MR) is 86.8 cm³/mol. The number of carbonyl (C=O) groups excluding carboxylic acids is 2. The molecular formula is C16H15N4NaO5S. The first kappa shape index (κ1) is 20.0. The van der Waals surface area contributed by atoms with Gasteiger partial charge in [-0.05, 0) is 6.92 Å². The van der Waals surface area contributed by atoms with Gasteiger partial charge in [0.1, 0.15) is 15.8 Å². The summed E-state index contributed by atoms with van der Waals surface area (Å²) in [5.41, 5.74) is 1.34. The fraction of sp³-hybridized carbons (Fsp3) is 0.375. The normalized spacial score (nSPS) is 28.2. The first-order valence-corrected chi connectivity index (χ1v) is 9.51. The minimum absolute atomic E-state index is 0. The summed E-state index contributed by atoms with van der Waals surface area (Å²) in [6.45, 7) is 1.08. The number of amides is 1. The summed E-state index contributed by atoms with van der Waals surface area (Å²) in [5, 5.41) is 18.5. The minimum Gasteiger partial charge on any atom is -0.548 e. The van der Waals surface area contributed by atoms with Crippen LogP contribution in [0.4, 0.5) is 0 Å². The number of benzene rings is 1. The number of nitrogens with zero attached hydrogens (tertiary/aromatic N) is 4. The molecule has 1 aromatic carbocycles. The van der Waals surface area contributed by atoms with Crippen LogP contribution in [0.15, 0.2) is 36.5 Å². The van der Waals surface area contributed by atoms with Gasteiger partial charge in [0.15, 0.2) is 9.84 Å². The van der Waals surface area contributed by atoms with Crippen molar-refractivity contribution in [1.82, 2.24) is 19.9 Å². The van der Waals surface area contributed by atoms with Crippen molar-refractivity contribution >= 4 is 21.7 Å². The molecule has 9 nitrogen and oxygen atoms in total. The number of fused-ring (bicyclic) bond motifs is 1. The molecular weight excluding hydrogens is 383 g/mol. The number of sulfone groups is 1. The van der Waals surface area contributed by atoms with Crippen molar-refractivity contribution in [3.8, 4) is 11.3 Å². The quantitative estimate of drug-likeness (QED) is 0.378. The standard InChI is InChI=1S/C16H16N4O5S.Na/c1-16(9-19-8-11(17-18-19)10-5-3-2-4-6-10)14(15(22)23)20-12(21)7-13(20)26(16,24)25;/h2-6,8,13-14H,7,9H2,1H3,(H,22,23);/q;+1/p-1/t13-,14-,16-;/m0./s1. The molecule has 2 fully saturated rings. The molecule has 2 aromatic rings. The van der Waals surface area contributed by atoms with E-state index in [1.54, 1.807) is 6.20 Å². The van der Waals surface area contributed by atoms with E-state index in [0.717, 1.165) is 10.5 Å².